The standard InChI is InChI=1S/C28H29ClN6O4/c1-16-12-23(27(38)34-33-16)39-22-10-8-20(32-17(22)2)26(37)31-14-25(36)35-21(18-6-5-7-19(29)13-18)9-11-24(35)28(3,4)15-30/h5-8,10,12-13,21,24H,9,11,14H2,1-4H3,(H,31,37)(H,34,38)/t21-,24+/m0/s1. The molecule has 1 aliphatic rings. The van der Waals surface area contributed by atoms with Crippen LogP contribution in [0.4, 0.5) is 0 Å². The Hall–Kier alpha value is -4.23. The number of benzene rings is 1. The van der Waals surface area contributed by atoms with E-state index < -0.39 is 16.9 Å². The van der Waals surface area contributed by atoms with Gasteiger partial charge in [0.15, 0.2) is 5.75 Å². The lowest BCUT2D eigenvalue weighted by Crippen LogP contribution is -2.48. The van der Waals surface area contributed by atoms with E-state index in [4.69, 9.17) is 16.3 Å². The fourth-order valence-corrected chi connectivity index (χ4v) is 4.98. The number of nitriles is 1. The van der Waals surface area contributed by atoms with E-state index in [1.807, 2.05) is 32.0 Å². The molecule has 1 aromatic carbocycles. The largest absolute Gasteiger partial charge is 0.450 e. The van der Waals surface area contributed by atoms with Crippen LogP contribution in [0.1, 0.15) is 60.2 Å². The number of likely N-dealkylation sites (tertiary alicyclic amines) is 1. The molecular weight excluding hydrogens is 520 g/mol. The van der Waals surface area contributed by atoms with Crippen LogP contribution in [0.3, 0.4) is 0 Å². The van der Waals surface area contributed by atoms with Gasteiger partial charge in [-0.3, -0.25) is 14.4 Å². The number of H-pyrrole nitrogens is 1. The van der Waals surface area contributed by atoms with E-state index in [0.29, 0.717) is 35.0 Å². The molecule has 1 fully saturated rings. The number of nitrogens with zero attached hydrogens (tertiary/aromatic N) is 4. The molecule has 3 aromatic rings. The number of aromatic nitrogens is 3. The van der Waals surface area contributed by atoms with Crippen LogP contribution in [0.5, 0.6) is 11.5 Å². The van der Waals surface area contributed by atoms with Crippen molar-refractivity contribution in [2.45, 2.75) is 52.6 Å². The molecule has 3 heterocycles. The second-order valence-corrected chi connectivity index (χ2v) is 10.5. The van der Waals surface area contributed by atoms with Gasteiger partial charge in [-0.05, 0) is 70.4 Å². The third kappa shape index (κ3) is 6.10. The molecule has 4 rings (SSSR count). The van der Waals surface area contributed by atoms with Crippen molar-refractivity contribution in [2.24, 2.45) is 5.41 Å². The summed E-state index contributed by atoms with van der Waals surface area (Å²) in [6.45, 7) is 6.72. The summed E-state index contributed by atoms with van der Waals surface area (Å²) in [5, 5.41) is 19.2. The average Bonchev–Trinajstić information content (AvgIpc) is 3.37. The maximum Gasteiger partial charge on any atom is 0.307 e. The molecule has 11 heteroatoms. The second kappa shape index (κ2) is 11.3. The highest BCUT2D eigenvalue weighted by molar-refractivity contribution is 6.30. The number of hydrogen-bond acceptors (Lipinski definition) is 7. The molecule has 39 heavy (non-hydrogen) atoms. The van der Waals surface area contributed by atoms with Crippen molar-refractivity contribution in [3.63, 3.8) is 0 Å². The van der Waals surface area contributed by atoms with Gasteiger partial charge in [0.2, 0.25) is 5.91 Å². The number of halogens is 1. The molecule has 0 saturated carbocycles. The summed E-state index contributed by atoms with van der Waals surface area (Å²) < 4.78 is 5.66. The first kappa shape index (κ1) is 27.8. The van der Waals surface area contributed by atoms with Gasteiger partial charge in [-0.15, -0.1) is 0 Å². The number of carbonyl (C=O) groups excluding carboxylic acids is 2. The monoisotopic (exact) mass is 548 g/mol. The minimum Gasteiger partial charge on any atom is -0.450 e. The number of ether oxygens (including phenoxy) is 1. The van der Waals surface area contributed by atoms with Gasteiger partial charge in [-0.1, -0.05) is 23.7 Å². The summed E-state index contributed by atoms with van der Waals surface area (Å²) in [5.74, 6) is -0.472. The molecule has 0 unspecified atom stereocenters. The quantitative estimate of drug-likeness (QED) is 0.450. The van der Waals surface area contributed by atoms with E-state index in [2.05, 4.69) is 26.6 Å². The van der Waals surface area contributed by atoms with Crippen LogP contribution in [0, 0.1) is 30.6 Å². The molecule has 2 amide bonds. The van der Waals surface area contributed by atoms with Crippen molar-refractivity contribution >= 4 is 23.4 Å². The number of aromatic amines is 1. The van der Waals surface area contributed by atoms with Gasteiger partial charge in [0, 0.05) is 11.1 Å². The van der Waals surface area contributed by atoms with Crippen molar-refractivity contribution in [3.8, 4) is 17.6 Å². The Morgan fingerprint density at radius 1 is 1.21 bits per heavy atom. The van der Waals surface area contributed by atoms with Crippen molar-refractivity contribution < 1.29 is 14.3 Å². The third-order valence-corrected chi connectivity index (χ3v) is 7.05. The van der Waals surface area contributed by atoms with Gasteiger partial charge in [-0.25, -0.2) is 10.1 Å². The Balaban J connectivity index is 1.49. The molecule has 1 saturated heterocycles. The molecule has 0 radical (unpaired) electrons. The smallest absolute Gasteiger partial charge is 0.307 e. The highest BCUT2D eigenvalue weighted by Gasteiger charge is 2.45. The van der Waals surface area contributed by atoms with Gasteiger partial charge in [0.05, 0.1) is 41.5 Å². The molecule has 202 valence electrons. The number of carbonyl (C=O) groups is 2. The summed E-state index contributed by atoms with van der Waals surface area (Å²) >= 11 is 6.21. The lowest BCUT2D eigenvalue weighted by molar-refractivity contribution is -0.134. The van der Waals surface area contributed by atoms with Crippen LogP contribution in [0.25, 0.3) is 0 Å². The number of pyridine rings is 1. The third-order valence-electron chi connectivity index (χ3n) is 6.82. The number of aryl methyl sites for hydroxylation is 2. The second-order valence-electron chi connectivity index (χ2n) is 10.1. The van der Waals surface area contributed by atoms with Crippen molar-refractivity contribution in [2.75, 3.05) is 6.54 Å². The minimum atomic E-state index is -0.781. The lowest BCUT2D eigenvalue weighted by Gasteiger charge is -2.36. The maximum absolute atomic E-state index is 13.5. The van der Waals surface area contributed by atoms with Crippen LogP contribution in [-0.4, -0.2) is 44.5 Å². The Labute approximate surface area is 231 Å². The summed E-state index contributed by atoms with van der Waals surface area (Å²) in [6, 6.07) is 13.6. The predicted octanol–water partition coefficient (Wildman–Crippen LogP) is 4.24. The number of rotatable bonds is 7. The van der Waals surface area contributed by atoms with Crippen molar-refractivity contribution in [1.82, 2.24) is 25.4 Å². The zero-order chi connectivity index (χ0) is 28.3. The Bertz CT molecular complexity index is 1510. The Kier molecular flexibility index (Phi) is 8.02. The van der Waals surface area contributed by atoms with E-state index in [1.54, 1.807) is 24.8 Å². The van der Waals surface area contributed by atoms with E-state index >= 15 is 0 Å². The van der Waals surface area contributed by atoms with Gasteiger partial charge in [0.1, 0.15) is 11.4 Å². The molecule has 1 aliphatic heterocycles. The van der Waals surface area contributed by atoms with Crippen LogP contribution in [-0.2, 0) is 4.79 Å². The average molecular weight is 549 g/mol. The van der Waals surface area contributed by atoms with Crippen LogP contribution < -0.4 is 15.6 Å². The van der Waals surface area contributed by atoms with E-state index in [1.165, 1.54) is 18.2 Å². The maximum atomic E-state index is 13.5. The lowest BCUT2D eigenvalue weighted by atomic mass is 9.84. The molecule has 0 aliphatic carbocycles. The van der Waals surface area contributed by atoms with Crippen molar-refractivity contribution in [1.29, 1.82) is 5.26 Å². The zero-order valence-corrected chi connectivity index (χ0v) is 22.9. The zero-order valence-electron chi connectivity index (χ0n) is 22.1. The fraction of sp³-hybridized carbons (Fsp3) is 0.357. The Morgan fingerprint density at radius 3 is 2.67 bits per heavy atom. The highest BCUT2D eigenvalue weighted by atomic mass is 35.5. The van der Waals surface area contributed by atoms with E-state index in [0.717, 1.165) is 5.56 Å². The van der Waals surface area contributed by atoms with Crippen LogP contribution in [0.15, 0.2) is 47.3 Å². The summed E-state index contributed by atoms with van der Waals surface area (Å²) in [7, 11) is 0. The minimum absolute atomic E-state index is 0.0601. The molecule has 0 bridgehead atoms. The van der Waals surface area contributed by atoms with Crippen molar-refractivity contribution in [3.05, 3.63) is 80.5 Å². The first-order valence-electron chi connectivity index (χ1n) is 12.5. The van der Waals surface area contributed by atoms with Gasteiger partial charge in [0.25, 0.3) is 5.91 Å². The van der Waals surface area contributed by atoms with Crippen LogP contribution in [0.2, 0.25) is 5.02 Å². The fourth-order valence-electron chi connectivity index (χ4n) is 4.78. The van der Waals surface area contributed by atoms with Crippen LogP contribution >= 0.6 is 11.6 Å². The summed E-state index contributed by atoms with van der Waals surface area (Å²) in [6.07, 6.45) is 1.33. The topological polar surface area (TPSA) is 141 Å². The van der Waals surface area contributed by atoms with Gasteiger partial charge < -0.3 is 15.0 Å². The number of amides is 2. The molecule has 0 spiro atoms. The molecule has 2 N–H and O–H groups in total. The van der Waals surface area contributed by atoms with E-state index in [-0.39, 0.29) is 36.0 Å². The first-order chi connectivity index (χ1) is 18.5. The summed E-state index contributed by atoms with van der Waals surface area (Å²) in [5.41, 5.74) is 0.669. The SMILES string of the molecule is Cc1cc(Oc2ccc(C(=O)NCC(=O)N3[C@H](c4cccc(Cl)c4)CC[C@@H]3C(C)(C)C#N)nc2C)c(=O)[nH]n1. The number of nitrogens with one attached hydrogen (secondary N) is 2. The van der Waals surface area contributed by atoms with Gasteiger partial charge in [-0.2, -0.15) is 10.4 Å². The first-order valence-corrected chi connectivity index (χ1v) is 12.9. The summed E-state index contributed by atoms with van der Waals surface area (Å²) in [4.78, 5) is 44.4. The Morgan fingerprint density at radius 2 is 1.97 bits per heavy atom. The van der Waals surface area contributed by atoms with E-state index in [9.17, 15) is 19.6 Å². The molecular formula is C28H29ClN6O4. The normalized spacial score (nSPS) is 17.0. The molecule has 2 atom stereocenters. The molecule has 10 nitrogen and oxygen atoms in total. The molecule has 2 aromatic heterocycles. The van der Waals surface area contributed by atoms with Gasteiger partial charge >= 0.3 is 5.56 Å². The highest BCUT2D eigenvalue weighted by Crippen LogP contribution is 2.43. The number of hydrogen-bond donors (Lipinski definition) is 2. The predicted molar refractivity (Wildman–Crippen MR) is 144 cm³/mol.